The molecule has 11 nitrogen and oxygen atoms in total. The fraction of sp³-hybridized carbons (Fsp3) is 0.343. The molecule has 2 fully saturated rings. The van der Waals surface area contributed by atoms with Crippen molar-refractivity contribution in [3.8, 4) is 6.07 Å². The standard InChI is InChI=1S/C35H37ClN5O6P/c1-25-22-40(34(43)38-33(25)42)32-24-39(23-31(46-32)20-30-19-26(21-37)17-18-41(30)47-48(36,44)45)35(27-11-5-2-6-12-27,28-13-7-3-8-14-28)29-15-9-4-10-16-29/h2-16,22,26,30-32H,17-20,23-24H2,1H3,(H,44,45)(H,38,42,43). The Kier molecular flexibility index (Phi) is 10.2. The molecule has 0 saturated carbocycles. The van der Waals surface area contributed by atoms with Crippen LogP contribution in [0.15, 0.2) is 107 Å². The van der Waals surface area contributed by atoms with E-state index in [2.05, 4.69) is 52.4 Å². The lowest BCUT2D eigenvalue weighted by Gasteiger charge is -2.51. The molecule has 0 amide bonds. The highest BCUT2D eigenvalue weighted by Crippen LogP contribution is 2.50. The maximum Gasteiger partial charge on any atom is 0.438 e. The number of halogens is 1. The monoisotopic (exact) mass is 689 g/mol. The summed E-state index contributed by atoms with van der Waals surface area (Å²) in [4.78, 5) is 40.3. The number of piperidine rings is 1. The van der Waals surface area contributed by atoms with Crippen molar-refractivity contribution in [1.82, 2.24) is 19.5 Å². The molecule has 6 rings (SSSR count). The number of hydrogen-bond acceptors (Lipinski definition) is 8. The van der Waals surface area contributed by atoms with Crippen LogP contribution in [0.5, 0.6) is 0 Å². The molecule has 2 saturated heterocycles. The predicted octanol–water partition coefficient (Wildman–Crippen LogP) is 5.30. The number of morpholine rings is 1. The summed E-state index contributed by atoms with van der Waals surface area (Å²) in [6, 6.07) is 32.3. The Morgan fingerprint density at radius 3 is 2.08 bits per heavy atom. The number of nitrogens with zero attached hydrogens (tertiary/aromatic N) is 4. The second kappa shape index (κ2) is 14.3. The number of rotatable bonds is 9. The van der Waals surface area contributed by atoms with Gasteiger partial charge in [0.05, 0.1) is 17.7 Å². The highest BCUT2D eigenvalue weighted by Gasteiger charge is 2.47. The van der Waals surface area contributed by atoms with Crippen LogP contribution < -0.4 is 11.2 Å². The van der Waals surface area contributed by atoms with Crippen molar-refractivity contribution < 1.29 is 18.8 Å². The second-order valence-corrected chi connectivity index (χ2v) is 14.7. The minimum Gasteiger partial charge on any atom is -0.352 e. The van der Waals surface area contributed by atoms with Crippen LogP contribution in [0.4, 0.5) is 0 Å². The van der Waals surface area contributed by atoms with Crippen LogP contribution in [0.2, 0.25) is 0 Å². The molecule has 13 heteroatoms. The zero-order valence-corrected chi connectivity index (χ0v) is 28.0. The fourth-order valence-corrected chi connectivity index (χ4v) is 7.87. The van der Waals surface area contributed by atoms with Crippen LogP contribution in [-0.2, 0) is 19.5 Å². The van der Waals surface area contributed by atoms with E-state index in [0.29, 0.717) is 31.4 Å². The average Bonchev–Trinajstić information content (AvgIpc) is 3.08. The Morgan fingerprint density at radius 1 is 1.00 bits per heavy atom. The van der Waals surface area contributed by atoms with Gasteiger partial charge in [-0.1, -0.05) is 91.0 Å². The Hall–Kier alpha value is -3.85. The number of H-pyrrole nitrogens is 1. The van der Waals surface area contributed by atoms with E-state index in [0.717, 1.165) is 16.7 Å². The molecule has 48 heavy (non-hydrogen) atoms. The molecule has 2 aliphatic rings. The summed E-state index contributed by atoms with van der Waals surface area (Å²) in [6.45, 7) is -1.89. The molecule has 4 aromatic rings. The van der Waals surface area contributed by atoms with Crippen LogP contribution in [0.3, 0.4) is 0 Å². The second-order valence-electron chi connectivity index (χ2n) is 12.3. The van der Waals surface area contributed by atoms with Gasteiger partial charge in [0.25, 0.3) is 5.56 Å². The number of nitriles is 1. The van der Waals surface area contributed by atoms with Gasteiger partial charge in [0, 0.05) is 54.6 Å². The number of ether oxygens (including phenoxy) is 1. The Bertz CT molecular complexity index is 1820. The molecular weight excluding hydrogens is 653 g/mol. The van der Waals surface area contributed by atoms with Crippen molar-refractivity contribution in [2.75, 3.05) is 19.6 Å². The quantitative estimate of drug-likeness (QED) is 0.177. The number of hydroxylamine groups is 2. The summed E-state index contributed by atoms with van der Waals surface area (Å²) in [7, 11) is 0. The van der Waals surface area contributed by atoms with E-state index in [1.54, 1.807) is 6.92 Å². The van der Waals surface area contributed by atoms with E-state index in [1.807, 2.05) is 54.6 Å². The molecule has 0 radical (unpaired) electrons. The van der Waals surface area contributed by atoms with Gasteiger partial charge in [-0.05, 0) is 42.9 Å². The third-order valence-corrected chi connectivity index (χ3v) is 9.84. The van der Waals surface area contributed by atoms with Crippen LogP contribution in [0.25, 0.3) is 0 Å². The molecule has 2 N–H and O–H groups in total. The number of nitrogens with one attached hydrogen (secondary N) is 1. The molecule has 250 valence electrons. The van der Waals surface area contributed by atoms with E-state index >= 15 is 0 Å². The molecule has 0 aliphatic carbocycles. The highest BCUT2D eigenvalue weighted by molar-refractivity contribution is 7.80. The normalized spacial score (nSPS) is 23.6. The fourth-order valence-electron chi connectivity index (χ4n) is 7.16. The first-order chi connectivity index (χ1) is 23.1. The number of hydrogen-bond donors (Lipinski definition) is 2. The minimum atomic E-state index is -4.40. The topological polar surface area (TPSA) is 141 Å². The molecule has 2 aliphatic heterocycles. The van der Waals surface area contributed by atoms with Crippen molar-refractivity contribution >= 4 is 18.2 Å². The zero-order valence-electron chi connectivity index (χ0n) is 26.4. The Balaban J connectivity index is 1.51. The first-order valence-electron chi connectivity index (χ1n) is 15.9. The van der Waals surface area contributed by atoms with Crippen molar-refractivity contribution in [2.45, 2.75) is 50.1 Å². The summed E-state index contributed by atoms with van der Waals surface area (Å²) in [6.07, 6.45) is 1.25. The van der Waals surface area contributed by atoms with E-state index in [-0.39, 0.29) is 19.0 Å². The third-order valence-electron chi connectivity index (χ3n) is 9.24. The largest absolute Gasteiger partial charge is 0.438 e. The third kappa shape index (κ3) is 7.12. The molecule has 0 bridgehead atoms. The average molecular weight is 690 g/mol. The van der Waals surface area contributed by atoms with Crippen molar-refractivity contribution in [2.24, 2.45) is 5.92 Å². The predicted molar refractivity (Wildman–Crippen MR) is 181 cm³/mol. The zero-order chi connectivity index (χ0) is 33.9. The van der Waals surface area contributed by atoms with Gasteiger partial charge in [0.1, 0.15) is 0 Å². The van der Waals surface area contributed by atoms with E-state index in [1.165, 1.54) is 15.8 Å². The van der Waals surface area contributed by atoms with Gasteiger partial charge < -0.3 is 9.63 Å². The van der Waals surface area contributed by atoms with Gasteiger partial charge in [-0.25, -0.2) is 14.0 Å². The molecule has 3 aromatic carbocycles. The van der Waals surface area contributed by atoms with Gasteiger partial charge in [-0.3, -0.25) is 19.2 Å². The summed E-state index contributed by atoms with van der Waals surface area (Å²) in [5.41, 5.74) is 1.44. The number of aromatic amines is 1. The molecule has 1 aromatic heterocycles. The lowest BCUT2D eigenvalue weighted by Crippen LogP contribution is -2.58. The van der Waals surface area contributed by atoms with Gasteiger partial charge in [-0.15, -0.1) is 0 Å². The van der Waals surface area contributed by atoms with E-state index < -0.39 is 42.1 Å². The first kappa shape index (κ1) is 34.0. The maximum atomic E-state index is 13.3. The molecular formula is C35H37ClN5O6P. The molecule has 5 atom stereocenters. The Morgan fingerprint density at radius 2 is 1.56 bits per heavy atom. The summed E-state index contributed by atoms with van der Waals surface area (Å²) < 4.78 is 25.6. The molecule has 0 spiro atoms. The number of aryl methyl sites for hydroxylation is 1. The van der Waals surface area contributed by atoms with Crippen molar-refractivity contribution in [1.29, 1.82) is 5.26 Å². The SMILES string of the molecule is Cc1cn(C2CN(C(c3ccccc3)(c3ccccc3)c3ccccc3)CC(CC3CC(C#N)CCN3OP(=O)(O)Cl)O2)c(=O)[nH]c1=O. The van der Waals surface area contributed by atoms with Gasteiger partial charge in [0.2, 0.25) is 0 Å². The first-order valence-corrected chi connectivity index (χ1v) is 18.3. The summed E-state index contributed by atoms with van der Waals surface area (Å²) in [5.74, 6) is -0.291. The molecule has 3 heterocycles. The van der Waals surface area contributed by atoms with E-state index in [4.69, 9.17) is 20.6 Å². The van der Waals surface area contributed by atoms with Gasteiger partial charge >= 0.3 is 12.6 Å². The van der Waals surface area contributed by atoms with Crippen molar-refractivity contribution in [3.63, 3.8) is 0 Å². The van der Waals surface area contributed by atoms with Crippen molar-refractivity contribution in [3.05, 3.63) is 140 Å². The van der Waals surface area contributed by atoms with Crippen LogP contribution in [0, 0.1) is 24.2 Å². The van der Waals surface area contributed by atoms with E-state index in [9.17, 15) is 24.3 Å². The summed E-state index contributed by atoms with van der Waals surface area (Å²) in [5, 5.41) is 11.2. The van der Waals surface area contributed by atoms with Gasteiger partial charge in [-0.2, -0.15) is 10.3 Å². The maximum absolute atomic E-state index is 13.3. The molecule has 5 unspecified atom stereocenters. The Labute approximate surface area is 283 Å². The smallest absolute Gasteiger partial charge is 0.352 e. The van der Waals surface area contributed by atoms with Crippen LogP contribution in [0.1, 0.15) is 47.7 Å². The lowest BCUT2D eigenvalue weighted by atomic mass is 9.75. The lowest BCUT2D eigenvalue weighted by molar-refractivity contribution is -0.171. The number of aromatic nitrogens is 2. The van der Waals surface area contributed by atoms with Gasteiger partial charge in [0.15, 0.2) is 6.23 Å². The van der Waals surface area contributed by atoms with Crippen LogP contribution in [-0.4, -0.2) is 56.2 Å². The minimum absolute atomic E-state index is 0.237. The number of benzene rings is 3. The van der Waals surface area contributed by atoms with Crippen LogP contribution >= 0.6 is 18.2 Å². The summed E-state index contributed by atoms with van der Waals surface area (Å²) >= 11 is 5.66. The highest BCUT2D eigenvalue weighted by atomic mass is 35.7.